The number of rotatable bonds is 16. The lowest BCUT2D eigenvalue weighted by atomic mass is 10.0. The summed E-state index contributed by atoms with van der Waals surface area (Å²) in [5.41, 5.74) is -0.708. The lowest BCUT2D eigenvalue weighted by molar-refractivity contribution is -0.140. The summed E-state index contributed by atoms with van der Waals surface area (Å²) in [6.07, 6.45) is -1.30. The van der Waals surface area contributed by atoms with E-state index in [0.29, 0.717) is 54.4 Å². The van der Waals surface area contributed by atoms with Crippen LogP contribution in [0, 0.1) is 34.0 Å². The number of alkyl halides is 9. The molecular weight excluding hydrogens is 1240 g/mol. The molecule has 9 rings (SSSR count). The van der Waals surface area contributed by atoms with Gasteiger partial charge in [-0.05, 0) is 65.8 Å². The molecule has 0 saturated carbocycles. The molecule has 3 amide bonds. The largest absolute Gasteiger partial charge is 0.405 e. The van der Waals surface area contributed by atoms with Crippen molar-refractivity contribution in [2.75, 3.05) is 35.6 Å². The number of aromatic nitrogens is 12. The number of aromatic amines is 3. The number of carbonyl (C=O) groups is 3. The van der Waals surface area contributed by atoms with E-state index in [1.807, 2.05) is 34.9 Å². The van der Waals surface area contributed by atoms with Crippen LogP contribution in [-0.4, -0.2) is 132 Å². The Morgan fingerprint density at radius 3 is 1.19 bits per heavy atom. The maximum absolute atomic E-state index is 12.4. The van der Waals surface area contributed by atoms with E-state index in [0.717, 1.165) is 5.39 Å². The monoisotopic (exact) mass is 1310 g/mol. The van der Waals surface area contributed by atoms with Gasteiger partial charge in [0.2, 0.25) is 17.7 Å². The summed E-state index contributed by atoms with van der Waals surface area (Å²) in [6, 6.07) is 12.6. The Balaban J connectivity index is -0.00000134. The smallest absolute Gasteiger partial charge is 0.355 e. The Labute approximate surface area is 526 Å². The van der Waals surface area contributed by atoms with Gasteiger partial charge in [0.05, 0.1) is 35.1 Å². The number of H-pyrrole nitrogens is 3. The van der Waals surface area contributed by atoms with Crippen LogP contribution in [0.2, 0.25) is 10.0 Å². The van der Waals surface area contributed by atoms with Gasteiger partial charge in [0.15, 0.2) is 17.5 Å². The standard InChI is InChI=1S/C19H17ClF3N7O.C18H15ClF3N7O.C18H16F3N7O.9H2/c1-18(2,17(31)25-4-3-19(21,22)23)30-14-10(6-24)7-26-16(29-14)13-9-28-15-12(13)5-11(20)8-27-15;1-17(2,16(30)27-8-18(20,21)22)29-13-9(4-23)5-24-15(28-13)12-7-26-14-11(12)3-10(19)6-25-14;1-17(2,16(29)26-9-18(19,20)21)28-13-10(6-22)7-24-15(27-13)12-8-25-14-11(12)4-3-5-23-14;;;;;;;;;/h5,7-9H,3-4H2,1-2H3,(H,25,31)(H,27,28)(H,26,29,30);3,5-7H,8H2,1-2H3,(H,25,26)(H,27,30)(H,24,28,29);3-5,7-8H,9H2,1-2H3,(H,23,25)(H,26,29)(H,24,27,28);9*1H. The Morgan fingerprint density at radius 2 is 0.844 bits per heavy atom. The number of nitrogens with zero attached hydrogens (tertiary/aromatic N) is 12. The number of carbonyl (C=O) groups excluding carboxylic acids is 3. The molecule has 9 N–H and O–H groups in total. The SMILES string of the molecule is CC(C)(Nc1nc(-c2c[nH]c3ncc(Cl)cc23)ncc1C#N)C(=O)NCC(F)(F)F.CC(C)(Nc1nc(-c2c[nH]c3ncc(Cl)cc23)ncc1C#N)C(=O)NCCC(F)(F)F.CC(C)(Nc1nc(-c2c[nH]c3ncccc23)ncc1C#N)C(=O)NCC(F)(F)F.[HH].[HH].[HH].[HH].[HH].[HH].[HH].[HH].[HH]. The van der Waals surface area contributed by atoms with Gasteiger partial charge in [-0.3, -0.25) is 14.4 Å². The molecular formula is C55H66Cl2F9N21O3. The zero-order chi connectivity index (χ0) is 66.1. The van der Waals surface area contributed by atoms with Crippen molar-refractivity contribution in [3.63, 3.8) is 0 Å². The van der Waals surface area contributed by atoms with Crippen LogP contribution in [0.15, 0.2) is 80.0 Å². The molecule has 0 bridgehead atoms. The second-order valence-electron chi connectivity index (χ2n) is 20.8. The highest BCUT2D eigenvalue weighted by Gasteiger charge is 2.36. The second kappa shape index (κ2) is 26.9. The number of nitriles is 3. The molecule has 35 heteroatoms. The average Bonchev–Trinajstić information content (AvgIpc) is 1.74. The maximum Gasteiger partial charge on any atom is 0.405 e. The molecule has 0 atom stereocenters. The van der Waals surface area contributed by atoms with Gasteiger partial charge in [0, 0.05) is 89.4 Å². The molecule has 9 aromatic rings. The first-order valence-corrected chi connectivity index (χ1v) is 26.8. The summed E-state index contributed by atoms with van der Waals surface area (Å²) in [5.74, 6) is -1.68. The van der Waals surface area contributed by atoms with E-state index in [4.69, 9.17) is 23.2 Å². The topological polar surface area (TPSA) is 358 Å². The highest BCUT2D eigenvalue weighted by atomic mass is 35.5. The fourth-order valence-corrected chi connectivity index (χ4v) is 8.25. The Bertz CT molecular complexity index is 4320. The van der Waals surface area contributed by atoms with Crippen LogP contribution in [0.4, 0.5) is 57.0 Å². The van der Waals surface area contributed by atoms with Crippen LogP contribution >= 0.6 is 23.2 Å². The summed E-state index contributed by atoms with van der Waals surface area (Å²) in [7, 11) is 0. The minimum atomic E-state index is -4.55. The molecule has 0 aliphatic rings. The van der Waals surface area contributed by atoms with Gasteiger partial charge in [0.1, 0.15) is 99.0 Å². The number of hydrogen-bond acceptors (Lipinski definition) is 18. The van der Waals surface area contributed by atoms with E-state index in [9.17, 15) is 69.7 Å². The Kier molecular flexibility index (Phi) is 20.0. The lowest BCUT2D eigenvalue weighted by Gasteiger charge is -2.26. The fourth-order valence-electron chi connectivity index (χ4n) is 7.93. The lowest BCUT2D eigenvalue weighted by Crippen LogP contribution is -2.50. The zero-order valence-electron chi connectivity index (χ0n) is 47.6. The first-order chi connectivity index (χ1) is 42.1. The maximum atomic E-state index is 12.4. The molecule has 0 spiro atoms. The zero-order valence-corrected chi connectivity index (χ0v) is 49.1. The molecule has 486 valence electrons. The van der Waals surface area contributed by atoms with Crippen molar-refractivity contribution in [3.05, 3.63) is 107 Å². The van der Waals surface area contributed by atoms with Crippen LogP contribution in [0.25, 0.3) is 67.3 Å². The third kappa shape index (κ3) is 17.2. The van der Waals surface area contributed by atoms with Crippen LogP contribution in [-0.2, 0) is 14.4 Å². The number of anilines is 3. The first-order valence-electron chi connectivity index (χ1n) is 26.0. The second-order valence-corrected chi connectivity index (χ2v) is 21.6. The molecule has 90 heavy (non-hydrogen) atoms. The van der Waals surface area contributed by atoms with Crippen molar-refractivity contribution in [1.29, 1.82) is 15.8 Å². The van der Waals surface area contributed by atoms with E-state index in [2.05, 4.69) is 81.1 Å². The van der Waals surface area contributed by atoms with Crippen LogP contribution < -0.4 is 31.9 Å². The molecule has 0 aliphatic carbocycles. The summed E-state index contributed by atoms with van der Waals surface area (Å²) >= 11 is 12.0. The summed E-state index contributed by atoms with van der Waals surface area (Å²) in [4.78, 5) is 83.7. The van der Waals surface area contributed by atoms with Crippen molar-refractivity contribution >= 4 is 91.5 Å². The van der Waals surface area contributed by atoms with Crippen molar-refractivity contribution in [1.82, 2.24) is 75.8 Å². The third-order valence-corrected chi connectivity index (χ3v) is 12.9. The van der Waals surface area contributed by atoms with E-state index in [1.54, 1.807) is 43.0 Å². The van der Waals surface area contributed by atoms with Gasteiger partial charge >= 0.3 is 18.5 Å². The summed E-state index contributed by atoms with van der Waals surface area (Å²) in [5, 5.41) is 45.1. The molecule has 24 nitrogen and oxygen atoms in total. The molecule has 0 saturated heterocycles. The molecule has 9 heterocycles. The minimum Gasteiger partial charge on any atom is -0.355 e. The van der Waals surface area contributed by atoms with Crippen molar-refractivity contribution in [3.8, 4) is 52.4 Å². The molecule has 0 aromatic carbocycles. The Hall–Kier alpha value is -10.5. The molecule has 0 aliphatic heterocycles. The van der Waals surface area contributed by atoms with Gasteiger partial charge in [-0.2, -0.15) is 55.3 Å². The fraction of sp³-hybridized carbons (Fsp3) is 0.291. The van der Waals surface area contributed by atoms with E-state index < -0.39 is 78.9 Å². The van der Waals surface area contributed by atoms with E-state index >= 15 is 0 Å². The summed E-state index contributed by atoms with van der Waals surface area (Å²) < 4.78 is 111. The number of nitrogens with one attached hydrogen (secondary N) is 9. The number of amides is 3. The highest BCUT2D eigenvalue weighted by molar-refractivity contribution is 6.31. The average molecular weight is 1310 g/mol. The molecule has 0 fully saturated rings. The van der Waals surface area contributed by atoms with Gasteiger partial charge in [-0.1, -0.05) is 23.2 Å². The third-order valence-electron chi connectivity index (χ3n) is 12.5. The molecule has 0 radical (unpaired) electrons. The number of halogens is 11. The predicted octanol–water partition coefficient (Wildman–Crippen LogP) is 12.2. The van der Waals surface area contributed by atoms with Crippen LogP contribution in [0.1, 0.15) is 77.5 Å². The van der Waals surface area contributed by atoms with Gasteiger partial charge in [-0.15, -0.1) is 0 Å². The van der Waals surface area contributed by atoms with Crippen molar-refractivity contribution in [2.45, 2.75) is 83.1 Å². The number of pyridine rings is 3. The molecule has 0 unspecified atom stereocenters. The van der Waals surface area contributed by atoms with Crippen molar-refractivity contribution in [2.24, 2.45) is 0 Å². The van der Waals surface area contributed by atoms with E-state index in [-0.39, 0.29) is 64.5 Å². The highest BCUT2D eigenvalue weighted by Crippen LogP contribution is 2.33. The van der Waals surface area contributed by atoms with Gasteiger partial charge in [0.25, 0.3) is 0 Å². The van der Waals surface area contributed by atoms with Crippen molar-refractivity contribution < 1.29 is 66.7 Å². The number of hydrogen-bond donors (Lipinski definition) is 9. The first kappa shape index (κ1) is 67.1. The normalized spacial score (nSPS) is 11.9. The predicted molar refractivity (Wildman–Crippen MR) is 329 cm³/mol. The van der Waals surface area contributed by atoms with Gasteiger partial charge in [-0.25, -0.2) is 44.9 Å². The van der Waals surface area contributed by atoms with Crippen LogP contribution in [0.3, 0.4) is 0 Å². The molecule has 9 aromatic heterocycles. The number of fused-ring (bicyclic) bond motifs is 3. The van der Waals surface area contributed by atoms with E-state index in [1.165, 1.54) is 72.5 Å². The van der Waals surface area contributed by atoms with Gasteiger partial charge < -0.3 is 46.9 Å². The quantitative estimate of drug-likeness (QED) is 0.0406. The summed E-state index contributed by atoms with van der Waals surface area (Å²) in [6.45, 7) is 4.96. The minimum absolute atomic E-state index is 0. The Morgan fingerprint density at radius 1 is 0.500 bits per heavy atom. The van der Waals surface area contributed by atoms with Crippen LogP contribution in [0.5, 0.6) is 0 Å².